The number of pyridine rings is 1. The maximum atomic E-state index is 11.2. The number of aromatic nitrogens is 1. The first-order chi connectivity index (χ1) is 10.0. The molecule has 1 saturated heterocycles. The van der Waals surface area contributed by atoms with Crippen LogP contribution in [0, 0.1) is 10.1 Å². The summed E-state index contributed by atoms with van der Waals surface area (Å²) in [6.45, 7) is 4.87. The van der Waals surface area contributed by atoms with Gasteiger partial charge in [0, 0.05) is 18.7 Å². The number of piperidine rings is 1. The van der Waals surface area contributed by atoms with E-state index in [2.05, 4.69) is 22.1 Å². The fraction of sp³-hybridized carbons (Fsp3) is 0.538. The summed E-state index contributed by atoms with van der Waals surface area (Å²) in [6, 6.07) is 1.14. The second-order valence-corrected chi connectivity index (χ2v) is 5.03. The van der Waals surface area contributed by atoms with E-state index in [-0.39, 0.29) is 23.1 Å². The molecule has 1 unspecified atom stereocenters. The Kier molecular flexibility index (Phi) is 4.69. The van der Waals surface area contributed by atoms with Gasteiger partial charge in [0.1, 0.15) is 17.6 Å². The third-order valence-electron chi connectivity index (χ3n) is 3.61. The average Bonchev–Trinajstić information content (AvgIpc) is 2.47. The lowest BCUT2D eigenvalue weighted by molar-refractivity contribution is -0.385. The van der Waals surface area contributed by atoms with Crippen molar-refractivity contribution in [2.24, 2.45) is 0 Å². The van der Waals surface area contributed by atoms with E-state index in [0.29, 0.717) is 0 Å². The van der Waals surface area contributed by atoms with Crippen LogP contribution in [0.2, 0.25) is 0 Å². The van der Waals surface area contributed by atoms with Gasteiger partial charge in [0.05, 0.1) is 4.92 Å². The van der Waals surface area contributed by atoms with Crippen LogP contribution < -0.4 is 5.32 Å². The molecule has 1 fully saturated rings. The van der Waals surface area contributed by atoms with E-state index in [4.69, 9.17) is 0 Å². The lowest BCUT2D eigenvalue weighted by Crippen LogP contribution is -2.42. The van der Waals surface area contributed by atoms with Gasteiger partial charge in [-0.15, -0.1) is 0 Å². The Labute approximate surface area is 121 Å². The van der Waals surface area contributed by atoms with Gasteiger partial charge >= 0.3 is 5.97 Å². The minimum Gasteiger partial charge on any atom is -0.478 e. The standard InChI is InChI=1S/C13H18N4O4/c1-2-16-5-3-4-9(8-16)15-12-11(13(18)19)6-10(7-14-12)17(20)21/h6-7,9H,2-5,8H2,1H3,(H,14,15)(H,18,19). The molecule has 0 amide bonds. The monoisotopic (exact) mass is 294 g/mol. The quantitative estimate of drug-likeness (QED) is 0.627. The molecule has 0 aliphatic carbocycles. The number of nitrogens with one attached hydrogen (secondary N) is 1. The number of likely N-dealkylation sites (N-methyl/N-ethyl adjacent to an activating group) is 1. The van der Waals surface area contributed by atoms with Crippen LogP contribution in [0.1, 0.15) is 30.1 Å². The molecule has 1 atom stereocenters. The van der Waals surface area contributed by atoms with Crippen LogP contribution in [-0.4, -0.2) is 51.6 Å². The molecule has 2 rings (SSSR count). The van der Waals surface area contributed by atoms with Crippen LogP contribution in [0.5, 0.6) is 0 Å². The summed E-state index contributed by atoms with van der Waals surface area (Å²) < 4.78 is 0. The molecule has 1 aromatic rings. The Morgan fingerprint density at radius 3 is 3.05 bits per heavy atom. The lowest BCUT2D eigenvalue weighted by Gasteiger charge is -2.32. The molecule has 8 nitrogen and oxygen atoms in total. The van der Waals surface area contributed by atoms with Gasteiger partial charge in [-0.3, -0.25) is 10.1 Å². The fourth-order valence-corrected chi connectivity index (χ4v) is 2.49. The highest BCUT2D eigenvalue weighted by molar-refractivity contribution is 5.93. The number of likely N-dealkylation sites (tertiary alicyclic amines) is 1. The van der Waals surface area contributed by atoms with Crippen LogP contribution in [0.3, 0.4) is 0 Å². The predicted molar refractivity (Wildman–Crippen MR) is 76.6 cm³/mol. The van der Waals surface area contributed by atoms with Gasteiger partial charge in [-0.1, -0.05) is 6.92 Å². The van der Waals surface area contributed by atoms with E-state index in [1.165, 1.54) is 0 Å². The summed E-state index contributed by atoms with van der Waals surface area (Å²) in [4.78, 5) is 27.5. The molecule has 114 valence electrons. The smallest absolute Gasteiger partial charge is 0.339 e. The molecule has 21 heavy (non-hydrogen) atoms. The lowest BCUT2D eigenvalue weighted by atomic mass is 10.1. The largest absolute Gasteiger partial charge is 0.478 e. The Balaban J connectivity index is 2.19. The van der Waals surface area contributed by atoms with Gasteiger partial charge in [-0.05, 0) is 25.9 Å². The van der Waals surface area contributed by atoms with E-state index in [1.807, 2.05) is 0 Å². The van der Waals surface area contributed by atoms with Crippen molar-refractivity contribution in [3.8, 4) is 0 Å². The number of hydrogen-bond donors (Lipinski definition) is 2. The van der Waals surface area contributed by atoms with E-state index in [0.717, 1.165) is 44.7 Å². The van der Waals surface area contributed by atoms with Gasteiger partial charge in [-0.25, -0.2) is 9.78 Å². The Morgan fingerprint density at radius 2 is 2.43 bits per heavy atom. The number of anilines is 1. The third-order valence-corrected chi connectivity index (χ3v) is 3.61. The zero-order chi connectivity index (χ0) is 15.4. The van der Waals surface area contributed by atoms with Crippen LogP contribution in [0.25, 0.3) is 0 Å². The highest BCUT2D eigenvalue weighted by Gasteiger charge is 2.23. The Hall–Kier alpha value is -2.22. The molecule has 2 heterocycles. The minimum atomic E-state index is -1.23. The van der Waals surface area contributed by atoms with Gasteiger partial charge in [0.2, 0.25) is 0 Å². The van der Waals surface area contributed by atoms with Crippen molar-refractivity contribution in [1.82, 2.24) is 9.88 Å². The maximum absolute atomic E-state index is 11.2. The van der Waals surface area contributed by atoms with Gasteiger partial charge in [-0.2, -0.15) is 0 Å². The predicted octanol–water partition coefficient (Wildman–Crippen LogP) is 1.58. The van der Waals surface area contributed by atoms with E-state index in [1.54, 1.807) is 0 Å². The molecular weight excluding hydrogens is 276 g/mol. The second kappa shape index (κ2) is 6.49. The number of rotatable bonds is 5. The van der Waals surface area contributed by atoms with Gasteiger partial charge in [0.15, 0.2) is 0 Å². The van der Waals surface area contributed by atoms with Gasteiger partial charge in [0.25, 0.3) is 5.69 Å². The molecule has 0 saturated carbocycles. The molecule has 0 radical (unpaired) electrons. The SMILES string of the molecule is CCN1CCCC(Nc2ncc([N+](=O)[O-])cc2C(=O)O)C1. The van der Waals surface area contributed by atoms with E-state index in [9.17, 15) is 20.0 Å². The molecule has 2 N–H and O–H groups in total. The van der Waals surface area contributed by atoms with Crippen molar-refractivity contribution in [2.75, 3.05) is 25.0 Å². The van der Waals surface area contributed by atoms with Crippen LogP contribution in [0.15, 0.2) is 12.3 Å². The molecule has 0 bridgehead atoms. The maximum Gasteiger partial charge on any atom is 0.339 e. The normalized spacial score (nSPS) is 19.2. The molecule has 8 heteroatoms. The number of carboxylic acids is 1. The van der Waals surface area contributed by atoms with Crippen molar-refractivity contribution in [3.63, 3.8) is 0 Å². The molecular formula is C13H18N4O4. The van der Waals surface area contributed by atoms with Crippen molar-refractivity contribution >= 4 is 17.5 Å². The fourth-order valence-electron chi connectivity index (χ4n) is 2.49. The van der Waals surface area contributed by atoms with Gasteiger partial charge < -0.3 is 15.3 Å². The van der Waals surface area contributed by atoms with Crippen LogP contribution in [-0.2, 0) is 0 Å². The summed E-state index contributed by atoms with van der Waals surface area (Å²) in [7, 11) is 0. The zero-order valence-electron chi connectivity index (χ0n) is 11.8. The van der Waals surface area contributed by atoms with Crippen molar-refractivity contribution in [3.05, 3.63) is 27.9 Å². The van der Waals surface area contributed by atoms with Crippen molar-refractivity contribution in [2.45, 2.75) is 25.8 Å². The summed E-state index contributed by atoms with van der Waals surface area (Å²) >= 11 is 0. The Bertz CT molecular complexity index is 549. The Morgan fingerprint density at radius 1 is 1.67 bits per heavy atom. The molecule has 0 spiro atoms. The third kappa shape index (κ3) is 3.66. The number of nitrogens with zero attached hydrogens (tertiary/aromatic N) is 3. The number of aromatic carboxylic acids is 1. The first-order valence-corrected chi connectivity index (χ1v) is 6.88. The average molecular weight is 294 g/mol. The molecule has 1 aliphatic rings. The van der Waals surface area contributed by atoms with Crippen LogP contribution >= 0.6 is 0 Å². The summed E-state index contributed by atoms with van der Waals surface area (Å²) in [5, 5.41) is 23.0. The van der Waals surface area contributed by atoms with Crippen LogP contribution in [0.4, 0.5) is 11.5 Å². The topological polar surface area (TPSA) is 109 Å². The molecule has 0 aromatic carbocycles. The summed E-state index contributed by atoms with van der Waals surface area (Å²) in [6.07, 6.45) is 3.03. The van der Waals surface area contributed by atoms with Crippen molar-refractivity contribution in [1.29, 1.82) is 0 Å². The zero-order valence-corrected chi connectivity index (χ0v) is 11.8. The number of hydrogen-bond acceptors (Lipinski definition) is 6. The number of carboxylic acid groups (broad SMARTS) is 1. The van der Waals surface area contributed by atoms with E-state index < -0.39 is 10.9 Å². The minimum absolute atomic E-state index is 0.103. The van der Waals surface area contributed by atoms with Crippen molar-refractivity contribution < 1.29 is 14.8 Å². The molecule has 1 aliphatic heterocycles. The highest BCUT2D eigenvalue weighted by atomic mass is 16.6. The summed E-state index contributed by atoms with van der Waals surface area (Å²) in [5.41, 5.74) is -0.491. The second-order valence-electron chi connectivity index (χ2n) is 5.03. The first kappa shape index (κ1) is 15.2. The summed E-state index contributed by atoms with van der Waals surface area (Å²) in [5.74, 6) is -1.03. The van der Waals surface area contributed by atoms with E-state index >= 15 is 0 Å². The first-order valence-electron chi connectivity index (χ1n) is 6.88. The number of carbonyl (C=O) groups is 1. The molecule has 1 aromatic heterocycles. The highest BCUT2D eigenvalue weighted by Crippen LogP contribution is 2.22. The number of nitro groups is 1.